The number of aliphatic hydroxyl groups excluding tert-OH is 1. The average Bonchev–Trinajstić information content (AvgIpc) is 2.92. The summed E-state index contributed by atoms with van der Waals surface area (Å²) in [6.07, 6.45) is 1.54. The third-order valence-electron chi connectivity index (χ3n) is 6.98. The lowest BCUT2D eigenvalue weighted by molar-refractivity contribution is -0.146. The van der Waals surface area contributed by atoms with Crippen molar-refractivity contribution in [3.05, 3.63) is 96.1 Å². The van der Waals surface area contributed by atoms with E-state index in [9.17, 15) is 14.7 Å². The maximum atomic E-state index is 13.5. The topological polar surface area (TPSA) is 86.9 Å². The number of likely N-dealkylation sites (N-methyl/N-ethyl adjacent to an activating group) is 1. The summed E-state index contributed by atoms with van der Waals surface area (Å²) in [7, 11) is 1.67. The zero-order chi connectivity index (χ0) is 25.5. The molecule has 2 atom stereocenters. The minimum atomic E-state index is -0.758. The maximum Gasteiger partial charge on any atom is 0.245 e. The molecule has 0 aliphatic carbocycles. The first kappa shape index (κ1) is 25.6. The molecule has 2 amide bonds. The third-order valence-corrected chi connectivity index (χ3v) is 6.98. The van der Waals surface area contributed by atoms with Gasteiger partial charge in [0.05, 0.1) is 12.1 Å². The quantitative estimate of drug-likeness (QED) is 0.513. The number of hydrogen-bond donors (Lipinski definition) is 2. The van der Waals surface area contributed by atoms with E-state index in [0.29, 0.717) is 38.8 Å². The fourth-order valence-electron chi connectivity index (χ4n) is 4.74. The van der Waals surface area contributed by atoms with Gasteiger partial charge in [-0.3, -0.25) is 9.59 Å². The highest BCUT2D eigenvalue weighted by atomic mass is 16.3. The van der Waals surface area contributed by atoms with Gasteiger partial charge in [-0.1, -0.05) is 84.9 Å². The van der Waals surface area contributed by atoms with Crippen molar-refractivity contribution in [3.63, 3.8) is 0 Å². The molecule has 6 heteroatoms. The Morgan fingerprint density at radius 3 is 2.00 bits per heavy atom. The summed E-state index contributed by atoms with van der Waals surface area (Å²) in [4.78, 5) is 30.2. The third kappa shape index (κ3) is 6.39. The van der Waals surface area contributed by atoms with E-state index < -0.39 is 12.1 Å². The van der Waals surface area contributed by atoms with Crippen molar-refractivity contribution in [2.24, 2.45) is 5.73 Å². The van der Waals surface area contributed by atoms with E-state index in [1.807, 2.05) is 72.8 Å². The first-order valence-corrected chi connectivity index (χ1v) is 12.6. The summed E-state index contributed by atoms with van der Waals surface area (Å²) in [5.41, 5.74) is 10.6. The van der Waals surface area contributed by atoms with E-state index in [2.05, 4.69) is 12.1 Å². The standard InChI is InChI=1S/C30H35N3O3/c1-32(28(21-22-8-4-2-5-9-22)30(36)33-18-16-26(34)17-19-33)29(35)27(31)20-23-12-14-25(15-13-23)24-10-6-3-7-11-24/h2-15,26-28,34H,16-21,31H2,1H3/t27-,28-/m1/s1. The van der Waals surface area contributed by atoms with Crippen LogP contribution < -0.4 is 5.73 Å². The molecule has 1 fully saturated rings. The normalized spacial score (nSPS) is 15.8. The molecular weight excluding hydrogens is 450 g/mol. The van der Waals surface area contributed by atoms with Crippen molar-refractivity contribution < 1.29 is 14.7 Å². The van der Waals surface area contributed by atoms with Gasteiger partial charge in [0, 0.05) is 26.6 Å². The van der Waals surface area contributed by atoms with Crippen LogP contribution in [0.2, 0.25) is 0 Å². The summed E-state index contributed by atoms with van der Waals surface area (Å²) < 4.78 is 0. The number of nitrogens with two attached hydrogens (primary N) is 1. The first-order chi connectivity index (χ1) is 17.4. The summed E-state index contributed by atoms with van der Waals surface area (Å²) in [5.74, 6) is -0.352. The van der Waals surface area contributed by atoms with Gasteiger partial charge in [-0.25, -0.2) is 0 Å². The average molecular weight is 486 g/mol. The van der Waals surface area contributed by atoms with Gasteiger partial charge in [0.15, 0.2) is 0 Å². The number of likely N-dealkylation sites (tertiary alicyclic amines) is 1. The predicted octanol–water partition coefficient (Wildman–Crippen LogP) is 3.28. The Morgan fingerprint density at radius 1 is 0.861 bits per heavy atom. The van der Waals surface area contributed by atoms with E-state index in [4.69, 9.17) is 5.73 Å². The number of rotatable bonds is 8. The van der Waals surface area contributed by atoms with Gasteiger partial charge in [-0.05, 0) is 41.5 Å². The molecule has 3 aromatic carbocycles. The van der Waals surface area contributed by atoms with Crippen LogP contribution >= 0.6 is 0 Å². The number of nitrogens with zero attached hydrogens (tertiary/aromatic N) is 2. The number of piperidine rings is 1. The fraction of sp³-hybridized carbons (Fsp3) is 0.333. The zero-order valence-corrected chi connectivity index (χ0v) is 20.8. The second kappa shape index (κ2) is 12.0. The molecule has 4 rings (SSSR count). The molecule has 0 aromatic heterocycles. The number of carbonyl (C=O) groups is 2. The molecule has 188 valence electrons. The van der Waals surface area contributed by atoms with Gasteiger partial charge >= 0.3 is 0 Å². The van der Waals surface area contributed by atoms with E-state index in [-0.39, 0.29) is 17.9 Å². The highest BCUT2D eigenvalue weighted by Gasteiger charge is 2.34. The number of carbonyl (C=O) groups excluding carboxylic acids is 2. The molecule has 0 saturated carbocycles. The van der Waals surface area contributed by atoms with Crippen LogP contribution in [0.3, 0.4) is 0 Å². The summed E-state index contributed by atoms with van der Waals surface area (Å²) in [5, 5.41) is 9.86. The maximum absolute atomic E-state index is 13.5. The molecule has 1 aliphatic heterocycles. The van der Waals surface area contributed by atoms with Crippen LogP contribution in [0, 0.1) is 0 Å². The second-order valence-corrected chi connectivity index (χ2v) is 9.58. The van der Waals surface area contributed by atoms with Crippen LogP contribution in [-0.4, -0.2) is 65.0 Å². The number of amides is 2. The van der Waals surface area contributed by atoms with Crippen molar-refractivity contribution >= 4 is 11.8 Å². The second-order valence-electron chi connectivity index (χ2n) is 9.58. The minimum Gasteiger partial charge on any atom is -0.393 e. The lowest BCUT2D eigenvalue weighted by Crippen LogP contribution is -2.55. The molecule has 1 aliphatic rings. The Bertz CT molecular complexity index is 1130. The van der Waals surface area contributed by atoms with E-state index in [1.54, 1.807) is 11.9 Å². The first-order valence-electron chi connectivity index (χ1n) is 12.6. The van der Waals surface area contributed by atoms with Crippen LogP contribution in [0.1, 0.15) is 24.0 Å². The molecule has 0 bridgehead atoms. The fourth-order valence-corrected chi connectivity index (χ4v) is 4.74. The number of hydrogen-bond acceptors (Lipinski definition) is 4. The summed E-state index contributed by atoms with van der Waals surface area (Å²) >= 11 is 0. The molecule has 36 heavy (non-hydrogen) atoms. The van der Waals surface area contributed by atoms with Crippen molar-refractivity contribution in [2.45, 2.75) is 43.9 Å². The molecular formula is C30H35N3O3. The van der Waals surface area contributed by atoms with E-state index in [0.717, 1.165) is 22.3 Å². The molecule has 0 unspecified atom stereocenters. The molecule has 3 aromatic rings. The Morgan fingerprint density at radius 2 is 1.39 bits per heavy atom. The Labute approximate surface area is 213 Å². The molecule has 1 saturated heterocycles. The highest BCUT2D eigenvalue weighted by molar-refractivity contribution is 5.90. The van der Waals surface area contributed by atoms with Crippen LogP contribution in [-0.2, 0) is 22.4 Å². The summed E-state index contributed by atoms with van der Waals surface area (Å²) in [6.45, 7) is 0.986. The van der Waals surface area contributed by atoms with Gasteiger partial charge in [0.1, 0.15) is 6.04 Å². The van der Waals surface area contributed by atoms with Gasteiger partial charge in [0.25, 0.3) is 0 Å². The number of aliphatic hydroxyl groups is 1. The Balaban J connectivity index is 1.46. The Hall–Kier alpha value is -3.48. The van der Waals surface area contributed by atoms with Crippen molar-refractivity contribution in [2.75, 3.05) is 20.1 Å². The monoisotopic (exact) mass is 485 g/mol. The lowest BCUT2D eigenvalue weighted by atomic mass is 9.98. The summed E-state index contributed by atoms with van der Waals surface area (Å²) in [6, 6.07) is 26.5. The van der Waals surface area contributed by atoms with Gasteiger partial charge in [-0.2, -0.15) is 0 Å². The van der Waals surface area contributed by atoms with E-state index in [1.165, 1.54) is 4.90 Å². The molecule has 1 heterocycles. The zero-order valence-electron chi connectivity index (χ0n) is 20.8. The largest absolute Gasteiger partial charge is 0.393 e. The van der Waals surface area contributed by atoms with Crippen LogP contribution in [0.5, 0.6) is 0 Å². The predicted molar refractivity (Wildman–Crippen MR) is 142 cm³/mol. The SMILES string of the molecule is CN(C(=O)[C@H](N)Cc1ccc(-c2ccccc2)cc1)[C@H](Cc1ccccc1)C(=O)N1CCC(O)CC1. The van der Waals surface area contributed by atoms with Crippen LogP contribution in [0.25, 0.3) is 11.1 Å². The van der Waals surface area contributed by atoms with E-state index >= 15 is 0 Å². The smallest absolute Gasteiger partial charge is 0.245 e. The van der Waals surface area contributed by atoms with Crippen molar-refractivity contribution in [3.8, 4) is 11.1 Å². The molecule has 0 radical (unpaired) electrons. The van der Waals surface area contributed by atoms with Crippen molar-refractivity contribution in [1.82, 2.24) is 9.80 Å². The highest BCUT2D eigenvalue weighted by Crippen LogP contribution is 2.21. The molecule has 3 N–H and O–H groups in total. The molecule has 6 nitrogen and oxygen atoms in total. The number of benzene rings is 3. The van der Waals surface area contributed by atoms with Crippen LogP contribution in [0.15, 0.2) is 84.9 Å². The van der Waals surface area contributed by atoms with Gasteiger partial charge in [0.2, 0.25) is 11.8 Å². The minimum absolute atomic E-state index is 0.0963. The molecule has 0 spiro atoms. The van der Waals surface area contributed by atoms with Gasteiger partial charge < -0.3 is 20.6 Å². The van der Waals surface area contributed by atoms with Crippen LogP contribution in [0.4, 0.5) is 0 Å². The Kier molecular flexibility index (Phi) is 8.52. The van der Waals surface area contributed by atoms with Crippen molar-refractivity contribution in [1.29, 1.82) is 0 Å². The lowest BCUT2D eigenvalue weighted by Gasteiger charge is -2.36. The van der Waals surface area contributed by atoms with Gasteiger partial charge in [-0.15, -0.1) is 0 Å².